The number of rotatable bonds is 9. The highest BCUT2D eigenvalue weighted by molar-refractivity contribution is 9.10. The average molecular weight is 937 g/mol. The molecule has 6 rings (SSSR count). The van der Waals surface area contributed by atoms with E-state index in [1.165, 1.54) is 0 Å². The molecule has 0 saturated carbocycles. The fraction of sp³-hybridized carbons (Fsp3) is 0.360. The zero-order chi connectivity index (χ0) is 43.9. The Morgan fingerprint density at radius 3 is 1.05 bits per heavy atom. The van der Waals surface area contributed by atoms with Gasteiger partial charge in [-0.3, -0.25) is 0 Å². The van der Waals surface area contributed by atoms with Crippen LogP contribution in [-0.4, -0.2) is 10.2 Å². The van der Waals surface area contributed by atoms with Gasteiger partial charge in [0, 0.05) is 8.95 Å². The molecule has 0 spiro atoms. The molecule has 2 unspecified atom stereocenters. The minimum atomic E-state index is -0.648. The molecular weight excluding hydrogens is 880 g/mol. The SMILES string of the molecule is CC(C)(C)c1cc(C(N=Nc2cccc(Br)c2)c2ccc(-c3ccc(C(N=Nc4cccc(Br)c4)c4cc(C(C)(C)C)c(O)c(C(C)(C)C)c4)o3)o2)cc(C(C)(C)C)c1O. The number of phenolic OH excluding ortho intramolecular Hbond substituents is 2. The van der Waals surface area contributed by atoms with Crippen LogP contribution in [0.2, 0.25) is 0 Å². The van der Waals surface area contributed by atoms with Gasteiger partial charge in [0.1, 0.15) is 23.0 Å². The Hall–Kier alpha value is -4.80. The molecule has 2 N–H and O–H groups in total. The van der Waals surface area contributed by atoms with Gasteiger partial charge in [0.25, 0.3) is 0 Å². The van der Waals surface area contributed by atoms with E-state index in [1.54, 1.807) is 0 Å². The van der Waals surface area contributed by atoms with Crippen molar-refractivity contribution < 1.29 is 19.0 Å². The number of nitrogens with zero attached hydrogens (tertiary/aromatic N) is 4. The van der Waals surface area contributed by atoms with Crippen LogP contribution in [0.1, 0.15) is 140 Å². The second kappa shape index (κ2) is 16.9. The number of hydrogen-bond acceptors (Lipinski definition) is 8. The number of phenols is 2. The minimum absolute atomic E-state index is 0.286. The maximum Gasteiger partial charge on any atom is 0.169 e. The third kappa shape index (κ3) is 10.2. The summed E-state index contributed by atoms with van der Waals surface area (Å²) in [5.41, 5.74) is 4.90. The Morgan fingerprint density at radius 1 is 0.450 bits per heavy atom. The summed E-state index contributed by atoms with van der Waals surface area (Å²) in [6.45, 7) is 25.1. The van der Waals surface area contributed by atoms with Crippen LogP contribution in [0, 0.1) is 0 Å². The van der Waals surface area contributed by atoms with E-state index in [0.717, 1.165) is 42.3 Å². The van der Waals surface area contributed by atoms with Gasteiger partial charge in [-0.05, 0) is 140 Å². The highest BCUT2D eigenvalue weighted by Gasteiger charge is 2.32. The summed E-state index contributed by atoms with van der Waals surface area (Å²) < 4.78 is 15.1. The molecule has 4 aromatic carbocycles. The maximum absolute atomic E-state index is 11.6. The standard InChI is InChI=1S/C50H56Br2N4O4/c1-47(2,3)35-23-29(24-36(45(35)57)48(4,5)6)43(55-53-33-17-13-15-31(51)27-33)41-21-19-39(59-41)40-20-22-42(60-40)44(56-54-34-18-14-16-32(52)28-34)30-25-37(49(7,8)9)46(58)38(26-30)50(10,11)12/h13-28,43-44,57-58H,1-12H3. The van der Waals surface area contributed by atoms with Gasteiger partial charge in [0.2, 0.25) is 0 Å². The van der Waals surface area contributed by atoms with E-state index in [4.69, 9.17) is 19.1 Å². The summed E-state index contributed by atoms with van der Waals surface area (Å²) in [7, 11) is 0. The van der Waals surface area contributed by atoms with Crippen molar-refractivity contribution in [1.29, 1.82) is 0 Å². The number of hydrogen-bond donors (Lipinski definition) is 2. The Kier molecular flexibility index (Phi) is 12.6. The third-order valence-electron chi connectivity index (χ3n) is 10.4. The second-order valence-corrected chi connectivity index (χ2v) is 21.4. The van der Waals surface area contributed by atoms with Gasteiger partial charge < -0.3 is 19.0 Å². The summed E-state index contributed by atoms with van der Waals surface area (Å²) in [6.07, 6.45) is 0. The minimum Gasteiger partial charge on any atom is -0.507 e. The molecular formula is C50H56Br2N4O4. The van der Waals surface area contributed by atoms with Crippen LogP contribution >= 0.6 is 31.9 Å². The lowest BCUT2D eigenvalue weighted by atomic mass is 9.77. The molecule has 0 fully saturated rings. The van der Waals surface area contributed by atoms with Crippen molar-refractivity contribution in [2.24, 2.45) is 20.5 Å². The molecule has 6 aromatic rings. The number of halogens is 2. The van der Waals surface area contributed by atoms with Gasteiger partial charge in [0.15, 0.2) is 23.6 Å². The van der Waals surface area contributed by atoms with Crippen LogP contribution in [-0.2, 0) is 21.7 Å². The largest absolute Gasteiger partial charge is 0.507 e. The molecule has 0 bridgehead atoms. The van der Waals surface area contributed by atoms with Crippen molar-refractivity contribution in [2.75, 3.05) is 0 Å². The lowest BCUT2D eigenvalue weighted by Crippen LogP contribution is -2.18. The van der Waals surface area contributed by atoms with Crippen molar-refractivity contribution in [3.8, 4) is 23.0 Å². The van der Waals surface area contributed by atoms with Crippen molar-refractivity contribution in [3.63, 3.8) is 0 Å². The molecule has 0 aliphatic carbocycles. The lowest BCUT2D eigenvalue weighted by Gasteiger charge is -2.29. The summed E-state index contributed by atoms with van der Waals surface area (Å²) in [5.74, 6) is 2.69. The second-order valence-electron chi connectivity index (χ2n) is 19.5. The van der Waals surface area contributed by atoms with E-state index < -0.39 is 12.1 Å². The molecule has 0 radical (unpaired) electrons. The fourth-order valence-corrected chi connectivity index (χ4v) is 7.86. The predicted molar refractivity (Wildman–Crippen MR) is 248 cm³/mol. The van der Waals surface area contributed by atoms with E-state index in [1.807, 2.05) is 97.1 Å². The van der Waals surface area contributed by atoms with E-state index in [-0.39, 0.29) is 33.2 Å². The molecule has 0 amide bonds. The summed E-state index contributed by atoms with van der Waals surface area (Å²) >= 11 is 7.11. The van der Waals surface area contributed by atoms with Gasteiger partial charge in [-0.1, -0.05) is 127 Å². The monoisotopic (exact) mass is 934 g/mol. The Morgan fingerprint density at radius 2 is 0.767 bits per heavy atom. The normalized spacial score (nSPS) is 14.0. The molecule has 2 aromatic heterocycles. The van der Waals surface area contributed by atoms with Crippen LogP contribution in [0.4, 0.5) is 11.4 Å². The topological polar surface area (TPSA) is 116 Å². The third-order valence-corrected chi connectivity index (χ3v) is 11.3. The number of furan rings is 2. The quantitative estimate of drug-likeness (QED) is 0.140. The Labute approximate surface area is 371 Å². The van der Waals surface area contributed by atoms with Crippen LogP contribution in [0.25, 0.3) is 11.5 Å². The van der Waals surface area contributed by atoms with Gasteiger partial charge in [-0.15, -0.1) is 0 Å². The predicted octanol–water partition coefficient (Wildman–Crippen LogP) is 16.4. The molecule has 2 heterocycles. The van der Waals surface area contributed by atoms with E-state index in [2.05, 4.69) is 125 Å². The molecule has 10 heteroatoms. The Bertz CT molecular complexity index is 2310. The number of aromatic hydroxyl groups is 2. The van der Waals surface area contributed by atoms with Crippen LogP contribution in [0.15, 0.2) is 135 Å². The summed E-state index contributed by atoms with van der Waals surface area (Å²) in [4.78, 5) is 0. The van der Waals surface area contributed by atoms with E-state index in [0.29, 0.717) is 34.4 Å². The zero-order valence-electron chi connectivity index (χ0n) is 36.6. The van der Waals surface area contributed by atoms with E-state index in [9.17, 15) is 10.2 Å². The van der Waals surface area contributed by atoms with Crippen molar-refractivity contribution in [2.45, 2.75) is 117 Å². The number of benzene rings is 4. The first-order valence-electron chi connectivity index (χ1n) is 20.2. The van der Waals surface area contributed by atoms with Gasteiger partial charge in [0.05, 0.1) is 11.4 Å². The fourth-order valence-electron chi connectivity index (χ4n) is 7.08. The summed E-state index contributed by atoms with van der Waals surface area (Å²) in [6, 6.07) is 29.6. The van der Waals surface area contributed by atoms with Gasteiger partial charge in [-0.2, -0.15) is 20.5 Å². The molecule has 314 valence electrons. The highest BCUT2D eigenvalue weighted by Crippen LogP contribution is 2.46. The van der Waals surface area contributed by atoms with Crippen LogP contribution < -0.4 is 0 Å². The first-order chi connectivity index (χ1) is 27.9. The van der Waals surface area contributed by atoms with E-state index >= 15 is 0 Å². The molecule has 0 aliphatic rings. The van der Waals surface area contributed by atoms with Crippen molar-refractivity contribution in [3.05, 3.63) is 151 Å². The molecule has 60 heavy (non-hydrogen) atoms. The Balaban J connectivity index is 1.48. The zero-order valence-corrected chi connectivity index (χ0v) is 39.8. The number of azo groups is 2. The molecule has 2 atom stereocenters. The average Bonchev–Trinajstić information content (AvgIpc) is 3.82. The van der Waals surface area contributed by atoms with Crippen LogP contribution in [0.3, 0.4) is 0 Å². The maximum atomic E-state index is 11.6. The first kappa shape index (κ1) is 44.7. The van der Waals surface area contributed by atoms with Crippen molar-refractivity contribution >= 4 is 43.2 Å². The van der Waals surface area contributed by atoms with Gasteiger partial charge in [-0.25, -0.2) is 0 Å². The smallest absolute Gasteiger partial charge is 0.169 e. The van der Waals surface area contributed by atoms with Crippen LogP contribution in [0.5, 0.6) is 11.5 Å². The molecule has 0 saturated heterocycles. The summed E-state index contributed by atoms with van der Waals surface area (Å²) in [5, 5.41) is 42.3. The van der Waals surface area contributed by atoms with Crippen molar-refractivity contribution in [1.82, 2.24) is 0 Å². The lowest BCUT2D eigenvalue weighted by molar-refractivity contribution is 0.419. The molecule has 0 aliphatic heterocycles. The highest BCUT2D eigenvalue weighted by atomic mass is 79.9. The van der Waals surface area contributed by atoms with Gasteiger partial charge >= 0.3 is 0 Å². The first-order valence-corrected chi connectivity index (χ1v) is 21.8. The molecule has 8 nitrogen and oxygen atoms in total.